The van der Waals surface area contributed by atoms with Gasteiger partial charge in [-0.1, -0.05) is 24.3 Å². The maximum atomic E-state index is 5.38. The van der Waals surface area contributed by atoms with E-state index in [2.05, 4.69) is 26.3 Å². The summed E-state index contributed by atoms with van der Waals surface area (Å²) in [5, 5.41) is 0. The van der Waals surface area contributed by atoms with Crippen LogP contribution in [0.5, 0.6) is 0 Å². The molecule has 0 spiro atoms. The Bertz CT molecular complexity index is 124. The van der Waals surface area contributed by atoms with Gasteiger partial charge in [0.15, 0.2) is 0 Å². The third-order valence-electron chi connectivity index (χ3n) is 1.24. The summed E-state index contributed by atoms with van der Waals surface area (Å²) in [7, 11) is 0. The molecule has 0 aromatic carbocycles. The lowest BCUT2D eigenvalue weighted by Gasteiger charge is -2.13. The zero-order valence-electron chi connectivity index (χ0n) is 6.70. The largest absolute Gasteiger partial charge is 0.359 e. The third kappa shape index (κ3) is 3.58. The van der Waals surface area contributed by atoms with E-state index in [1.165, 1.54) is 0 Å². The SMILES string of the molecule is C=CC(C=C)OC(C=C)C=C. The van der Waals surface area contributed by atoms with Gasteiger partial charge in [-0.15, -0.1) is 26.3 Å². The van der Waals surface area contributed by atoms with Crippen LogP contribution in [0.1, 0.15) is 0 Å². The van der Waals surface area contributed by atoms with E-state index in [0.29, 0.717) is 0 Å². The minimum atomic E-state index is -0.129. The zero-order valence-corrected chi connectivity index (χ0v) is 6.70. The van der Waals surface area contributed by atoms with Crippen molar-refractivity contribution in [2.75, 3.05) is 0 Å². The summed E-state index contributed by atoms with van der Waals surface area (Å²) in [6.45, 7) is 14.4. The van der Waals surface area contributed by atoms with Gasteiger partial charge in [-0.3, -0.25) is 0 Å². The average Bonchev–Trinajstić information content (AvgIpc) is 2.07. The Hall–Kier alpha value is -1.08. The quantitative estimate of drug-likeness (QED) is 0.528. The molecular formula is C10H14O. The van der Waals surface area contributed by atoms with Gasteiger partial charge >= 0.3 is 0 Å². The van der Waals surface area contributed by atoms with Crippen LogP contribution >= 0.6 is 0 Å². The number of rotatable bonds is 6. The van der Waals surface area contributed by atoms with Crippen LogP contribution in [0.25, 0.3) is 0 Å². The summed E-state index contributed by atoms with van der Waals surface area (Å²) >= 11 is 0. The van der Waals surface area contributed by atoms with E-state index in [1.54, 1.807) is 24.3 Å². The third-order valence-corrected chi connectivity index (χ3v) is 1.24. The molecule has 0 aliphatic heterocycles. The van der Waals surface area contributed by atoms with Crippen molar-refractivity contribution in [1.82, 2.24) is 0 Å². The highest BCUT2D eigenvalue weighted by Gasteiger charge is 2.03. The monoisotopic (exact) mass is 150 g/mol. The molecular weight excluding hydrogens is 136 g/mol. The minimum Gasteiger partial charge on any atom is -0.359 e. The Morgan fingerprint density at radius 3 is 1.18 bits per heavy atom. The molecule has 60 valence electrons. The van der Waals surface area contributed by atoms with E-state index in [4.69, 9.17) is 4.74 Å². The lowest BCUT2D eigenvalue weighted by atomic mass is 10.3. The van der Waals surface area contributed by atoms with Gasteiger partial charge in [0.05, 0.1) is 12.2 Å². The summed E-state index contributed by atoms with van der Waals surface area (Å²) in [4.78, 5) is 0. The van der Waals surface area contributed by atoms with Gasteiger partial charge in [-0.05, 0) is 0 Å². The van der Waals surface area contributed by atoms with Crippen LogP contribution in [0, 0.1) is 0 Å². The summed E-state index contributed by atoms with van der Waals surface area (Å²) in [6.07, 6.45) is 6.44. The summed E-state index contributed by atoms with van der Waals surface area (Å²) in [5.74, 6) is 0. The molecule has 11 heavy (non-hydrogen) atoms. The molecule has 0 radical (unpaired) electrons. The standard InChI is InChI=1S/C10H14O/c1-5-9(6-2)11-10(7-3)8-4/h5-10H,1-4H2. The molecule has 0 unspecified atom stereocenters. The molecule has 0 saturated heterocycles. The topological polar surface area (TPSA) is 9.23 Å². The molecule has 0 fully saturated rings. The van der Waals surface area contributed by atoms with Crippen LogP contribution in [0.15, 0.2) is 50.6 Å². The van der Waals surface area contributed by atoms with E-state index >= 15 is 0 Å². The highest BCUT2D eigenvalue weighted by atomic mass is 16.5. The Labute approximate surface area is 68.4 Å². The Kier molecular flexibility index (Phi) is 5.13. The molecule has 0 saturated carbocycles. The fourth-order valence-corrected chi connectivity index (χ4v) is 0.596. The summed E-state index contributed by atoms with van der Waals surface area (Å²) in [6, 6.07) is 0. The van der Waals surface area contributed by atoms with Crippen LogP contribution in [-0.2, 0) is 4.74 Å². The summed E-state index contributed by atoms with van der Waals surface area (Å²) in [5.41, 5.74) is 0. The maximum absolute atomic E-state index is 5.38. The van der Waals surface area contributed by atoms with Gasteiger partial charge in [-0.2, -0.15) is 0 Å². The highest BCUT2D eigenvalue weighted by Crippen LogP contribution is 2.02. The smallest absolute Gasteiger partial charge is 0.0944 e. The van der Waals surface area contributed by atoms with Crippen molar-refractivity contribution in [2.45, 2.75) is 12.2 Å². The van der Waals surface area contributed by atoms with Gasteiger partial charge in [0.1, 0.15) is 0 Å². The van der Waals surface area contributed by atoms with Crippen LogP contribution in [0.2, 0.25) is 0 Å². The highest BCUT2D eigenvalue weighted by molar-refractivity contribution is 5.00. The van der Waals surface area contributed by atoms with Gasteiger partial charge < -0.3 is 4.74 Å². The molecule has 1 heteroatoms. The molecule has 0 rings (SSSR count). The van der Waals surface area contributed by atoms with Crippen LogP contribution in [0.4, 0.5) is 0 Å². The molecule has 0 aliphatic carbocycles. The summed E-state index contributed by atoms with van der Waals surface area (Å²) < 4.78 is 5.38. The predicted molar refractivity (Wildman–Crippen MR) is 49.4 cm³/mol. The Morgan fingerprint density at radius 2 is 1.00 bits per heavy atom. The first-order valence-electron chi connectivity index (χ1n) is 3.44. The lowest BCUT2D eigenvalue weighted by Crippen LogP contribution is -2.14. The Balaban J connectivity index is 3.95. The number of ether oxygens (including phenoxy) is 1. The van der Waals surface area contributed by atoms with Crippen molar-refractivity contribution in [3.63, 3.8) is 0 Å². The number of hydrogen-bond donors (Lipinski definition) is 0. The van der Waals surface area contributed by atoms with E-state index in [9.17, 15) is 0 Å². The molecule has 0 atom stereocenters. The molecule has 0 aliphatic rings. The van der Waals surface area contributed by atoms with Gasteiger partial charge in [0.2, 0.25) is 0 Å². The zero-order chi connectivity index (χ0) is 8.69. The first-order chi connectivity index (χ1) is 5.28. The van der Waals surface area contributed by atoms with E-state index in [0.717, 1.165) is 0 Å². The van der Waals surface area contributed by atoms with E-state index < -0.39 is 0 Å². The Morgan fingerprint density at radius 1 is 0.727 bits per heavy atom. The van der Waals surface area contributed by atoms with Crippen molar-refractivity contribution >= 4 is 0 Å². The van der Waals surface area contributed by atoms with Gasteiger partial charge in [0, 0.05) is 0 Å². The minimum absolute atomic E-state index is 0.129. The normalized spacial score (nSPS) is 9.64. The maximum Gasteiger partial charge on any atom is 0.0944 e. The van der Waals surface area contributed by atoms with Crippen molar-refractivity contribution in [1.29, 1.82) is 0 Å². The lowest BCUT2D eigenvalue weighted by molar-refractivity contribution is 0.0972. The van der Waals surface area contributed by atoms with Crippen LogP contribution < -0.4 is 0 Å². The first kappa shape index (κ1) is 9.92. The van der Waals surface area contributed by atoms with Crippen molar-refractivity contribution in [3.8, 4) is 0 Å². The second-order valence-corrected chi connectivity index (χ2v) is 2.01. The van der Waals surface area contributed by atoms with E-state index in [1.807, 2.05) is 0 Å². The molecule has 1 nitrogen and oxygen atoms in total. The van der Waals surface area contributed by atoms with E-state index in [-0.39, 0.29) is 12.2 Å². The van der Waals surface area contributed by atoms with Crippen molar-refractivity contribution in [3.05, 3.63) is 50.6 Å². The van der Waals surface area contributed by atoms with Crippen molar-refractivity contribution < 1.29 is 4.74 Å². The second-order valence-electron chi connectivity index (χ2n) is 2.01. The predicted octanol–water partition coefficient (Wildman–Crippen LogP) is 2.48. The first-order valence-corrected chi connectivity index (χ1v) is 3.44. The molecule has 0 amide bonds. The number of hydrogen-bond acceptors (Lipinski definition) is 1. The molecule has 0 aromatic heterocycles. The fourth-order valence-electron chi connectivity index (χ4n) is 0.596. The second kappa shape index (κ2) is 5.69. The van der Waals surface area contributed by atoms with Gasteiger partial charge in [-0.25, -0.2) is 0 Å². The molecule has 0 N–H and O–H groups in total. The van der Waals surface area contributed by atoms with Crippen molar-refractivity contribution in [2.24, 2.45) is 0 Å². The molecule has 0 heterocycles. The molecule has 0 bridgehead atoms. The molecule has 0 aromatic rings. The van der Waals surface area contributed by atoms with Crippen LogP contribution in [0.3, 0.4) is 0 Å². The van der Waals surface area contributed by atoms with Gasteiger partial charge in [0.25, 0.3) is 0 Å². The average molecular weight is 150 g/mol. The van der Waals surface area contributed by atoms with Crippen LogP contribution in [-0.4, -0.2) is 12.2 Å². The fraction of sp³-hybridized carbons (Fsp3) is 0.200.